The SMILES string of the molecule is CCOc1cc(CNC(=O)c2ccc3c(c2)NC(=O)/C(=C\c2ccccc2)O3)ccc1OC. The van der Waals surface area contributed by atoms with Crippen molar-refractivity contribution in [1.82, 2.24) is 5.32 Å². The molecule has 0 unspecified atom stereocenters. The molecule has 3 aromatic rings. The molecule has 0 fully saturated rings. The predicted molar refractivity (Wildman–Crippen MR) is 125 cm³/mol. The molecule has 2 N–H and O–H groups in total. The second kappa shape index (κ2) is 9.91. The zero-order chi connectivity index (χ0) is 23.2. The average Bonchev–Trinajstić information content (AvgIpc) is 2.83. The number of fused-ring (bicyclic) bond motifs is 1. The van der Waals surface area contributed by atoms with Crippen LogP contribution in [0.5, 0.6) is 17.2 Å². The van der Waals surface area contributed by atoms with Gasteiger partial charge in [-0.05, 0) is 54.5 Å². The summed E-state index contributed by atoms with van der Waals surface area (Å²) in [6.45, 7) is 2.72. The molecule has 33 heavy (non-hydrogen) atoms. The molecule has 0 atom stereocenters. The van der Waals surface area contributed by atoms with Crippen molar-refractivity contribution in [3.63, 3.8) is 0 Å². The third-order valence-corrected chi connectivity index (χ3v) is 5.01. The molecule has 0 aliphatic carbocycles. The summed E-state index contributed by atoms with van der Waals surface area (Å²) in [6.07, 6.45) is 1.67. The van der Waals surface area contributed by atoms with Crippen molar-refractivity contribution < 1.29 is 23.8 Å². The van der Waals surface area contributed by atoms with Gasteiger partial charge in [0.25, 0.3) is 11.8 Å². The van der Waals surface area contributed by atoms with Gasteiger partial charge in [0, 0.05) is 12.1 Å². The summed E-state index contributed by atoms with van der Waals surface area (Å²) < 4.78 is 16.6. The van der Waals surface area contributed by atoms with Gasteiger partial charge in [0.1, 0.15) is 0 Å². The first-order valence-electron chi connectivity index (χ1n) is 10.5. The Morgan fingerprint density at radius 1 is 1.06 bits per heavy atom. The highest BCUT2D eigenvalue weighted by molar-refractivity contribution is 6.09. The summed E-state index contributed by atoms with van der Waals surface area (Å²) in [4.78, 5) is 25.2. The molecule has 0 spiro atoms. The molecule has 7 heteroatoms. The fraction of sp³-hybridized carbons (Fsp3) is 0.154. The maximum atomic E-state index is 12.7. The van der Waals surface area contributed by atoms with E-state index >= 15 is 0 Å². The van der Waals surface area contributed by atoms with Crippen LogP contribution in [0.2, 0.25) is 0 Å². The smallest absolute Gasteiger partial charge is 0.291 e. The van der Waals surface area contributed by atoms with Crippen LogP contribution < -0.4 is 24.8 Å². The minimum Gasteiger partial charge on any atom is -0.493 e. The van der Waals surface area contributed by atoms with E-state index in [-0.39, 0.29) is 17.6 Å². The third-order valence-electron chi connectivity index (χ3n) is 5.01. The van der Waals surface area contributed by atoms with Gasteiger partial charge in [-0.15, -0.1) is 0 Å². The van der Waals surface area contributed by atoms with Crippen molar-refractivity contribution in [2.24, 2.45) is 0 Å². The lowest BCUT2D eigenvalue weighted by Gasteiger charge is -2.20. The van der Waals surface area contributed by atoms with E-state index in [9.17, 15) is 9.59 Å². The summed E-state index contributed by atoms with van der Waals surface area (Å²) >= 11 is 0. The zero-order valence-corrected chi connectivity index (χ0v) is 18.4. The van der Waals surface area contributed by atoms with Crippen molar-refractivity contribution >= 4 is 23.6 Å². The van der Waals surface area contributed by atoms with Crippen molar-refractivity contribution in [1.29, 1.82) is 0 Å². The van der Waals surface area contributed by atoms with E-state index in [4.69, 9.17) is 14.2 Å². The highest BCUT2D eigenvalue weighted by atomic mass is 16.5. The molecule has 0 aromatic heterocycles. The molecule has 4 rings (SSSR count). The van der Waals surface area contributed by atoms with Gasteiger partial charge in [-0.3, -0.25) is 9.59 Å². The number of hydrogen-bond donors (Lipinski definition) is 2. The topological polar surface area (TPSA) is 85.9 Å². The Bertz CT molecular complexity index is 1200. The van der Waals surface area contributed by atoms with E-state index in [1.54, 1.807) is 37.5 Å². The molecule has 1 aliphatic rings. The predicted octanol–water partition coefficient (Wildman–Crippen LogP) is 4.40. The van der Waals surface area contributed by atoms with E-state index in [0.717, 1.165) is 11.1 Å². The number of carbonyl (C=O) groups excluding carboxylic acids is 2. The lowest BCUT2D eigenvalue weighted by Crippen LogP contribution is -2.25. The van der Waals surface area contributed by atoms with E-state index in [2.05, 4.69) is 10.6 Å². The van der Waals surface area contributed by atoms with Crippen molar-refractivity contribution in [3.05, 3.63) is 89.2 Å². The van der Waals surface area contributed by atoms with E-state index in [0.29, 0.717) is 41.7 Å². The number of nitrogens with one attached hydrogen (secondary N) is 2. The largest absolute Gasteiger partial charge is 0.493 e. The van der Waals surface area contributed by atoms with Crippen LogP contribution in [0.3, 0.4) is 0 Å². The minimum absolute atomic E-state index is 0.190. The third kappa shape index (κ3) is 5.15. The molecular formula is C26H24N2O5. The van der Waals surface area contributed by atoms with Crippen LogP contribution in [0.4, 0.5) is 5.69 Å². The van der Waals surface area contributed by atoms with Crippen LogP contribution in [0.15, 0.2) is 72.5 Å². The number of carbonyl (C=O) groups is 2. The first-order chi connectivity index (χ1) is 16.1. The fourth-order valence-corrected chi connectivity index (χ4v) is 3.39. The molecule has 0 saturated carbocycles. The first-order valence-corrected chi connectivity index (χ1v) is 10.5. The van der Waals surface area contributed by atoms with E-state index < -0.39 is 0 Å². The lowest BCUT2D eigenvalue weighted by molar-refractivity contribution is -0.115. The number of ether oxygens (including phenoxy) is 3. The molecule has 0 saturated heterocycles. The first kappa shape index (κ1) is 22.0. The Hall–Kier alpha value is -4.26. The maximum absolute atomic E-state index is 12.7. The van der Waals surface area contributed by atoms with E-state index in [1.165, 1.54) is 0 Å². The molecule has 1 aliphatic heterocycles. The molecule has 7 nitrogen and oxygen atoms in total. The van der Waals surface area contributed by atoms with Crippen LogP contribution in [-0.2, 0) is 11.3 Å². The number of benzene rings is 3. The monoisotopic (exact) mass is 444 g/mol. The van der Waals surface area contributed by atoms with Gasteiger partial charge >= 0.3 is 0 Å². The number of rotatable bonds is 7. The van der Waals surface area contributed by atoms with Crippen molar-refractivity contribution in [2.45, 2.75) is 13.5 Å². The summed E-state index contributed by atoms with van der Waals surface area (Å²) in [5, 5.41) is 5.67. The van der Waals surface area contributed by atoms with Gasteiger partial charge in [-0.2, -0.15) is 0 Å². The molecule has 0 bridgehead atoms. The van der Waals surface area contributed by atoms with E-state index in [1.807, 2.05) is 49.4 Å². The summed E-state index contributed by atoms with van der Waals surface area (Å²) in [5.41, 5.74) is 2.58. The highest BCUT2D eigenvalue weighted by Gasteiger charge is 2.23. The van der Waals surface area contributed by atoms with Crippen LogP contribution in [-0.4, -0.2) is 25.5 Å². The van der Waals surface area contributed by atoms with Crippen molar-refractivity contribution in [3.8, 4) is 17.2 Å². The number of anilines is 1. The van der Waals surface area contributed by atoms with Gasteiger partial charge in [-0.1, -0.05) is 36.4 Å². The quantitative estimate of drug-likeness (QED) is 0.528. The molecule has 168 valence electrons. The Labute approximate surface area is 192 Å². The summed E-state index contributed by atoms with van der Waals surface area (Å²) in [7, 11) is 1.58. The van der Waals surface area contributed by atoms with Gasteiger partial charge < -0.3 is 24.8 Å². The maximum Gasteiger partial charge on any atom is 0.291 e. The second-order valence-electron chi connectivity index (χ2n) is 7.29. The Morgan fingerprint density at radius 2 is 1.88 bits per heavy atom. The summed E-state index contributed by atoms with van der Waals surface area (Å²) in [5.74, 6) is 1.29. The Balaban J connectivity index is 1.45. The zero-order valence-electron chi connectivity index (χ0n) is 18.4. The average molecular weight is 444 g/mol. The molecule has 3 aromatic carbocycles. The van der Waals surface area contributed by atoms with Gasteiger partial charge in [-0.25, -0.2) is 0 Å². The molecule has 2 amide bonds. The minimum atomic E-state index is -0.370. The van der Waals surface area contributed by atoms with Crippen LogP contribution in [0, 0.1) is 0 Å². The Kier molecular flexibility index (Phi) is 6.59. The Morgan fingerprint density at radius 3 is 2.64 bits per heavy atom. The lowest BCUT2D eigenvalue weighted by atomic mass is 10.1. The number of methoxy groups -OCH3 is 1. The summed E-state index contributed by atoms with van der Waals surface area (Å²) in [6, 6.07) is 19.9. The number of amides is 2. The molecule has 0 radical (unpaired) electrons. The standard InChI is InChI=1S/C26H24N2O5/c1-3-32-23-14-18(9-11-22(23)31-2)16-27-25(29)19-10-12-21-20(15-19)28-26(30)24(33-21)13-17-7-5-4-6-8-17/h4-15H,3,16H2,1-2H3,(H,27,29)(H,28,30)/b24-13+. The van der Waals surface area contributed by atoms with Crippen LogP contribution in [0.25, 0.3) is 6.08 Å². The fourth-order valence-electron chi connectivity index (χ4n) is 3.39. The molecule has 1 heterocycles. The van der Waals surface area contributed by atoms with Gasteiger partial charge in [0.2, 0.25) is 0 Å². The van der Waals surface area contributed by atoms with Crippen molar-refractivity contribution in [2.75, 3.05) is 19.0 Å². The second-order valence-corrected chi connectivity index (χ2v) is 7.29. The number of hydrogen-bond acceptors (Lipinski definition) is 5. The van der Waals surface area contributed by atoms with Gasteiger partial charge in [0.05, 0.1) is 19.4 Å². The van der Waals surface area contributed by atoms with Crippen LogP contribution in [0.1, 0.15) is 28.4 Å². The van der Waals surface area contributed by atoms with Crippen LogP contribution >= 0.6 is 0 Å². The normalized spacial score (nSPS) is 13.5. The van der Waals surface area contributed by atoms with Gasteiger partial charge in [0.15, 0.2) is 23.0 Å². The molecular weight excluding hydrogens is 420 g/mol. The highest BCUT2D eigenvalue weighted by Crippen LogP contribution is 2.32.